The number of anilines is 3. The molecule has 11 nitrogen and oxygen atoms in total. The maximum Gasteiger partial charge on any atom is 0.411 e. The van der Waals surface area contributed by atoms with E-state index < -0.39 is 12.1 Å². The molecule has 6 N–H and O–H groups in total. The Morgan fingerprint density at radius 3 is 2.88 bits per heavy atom. The summed E-state index contributed by atoms with van der Waals surface area (Å²) in [5.41, 5.74) is 9.92. The van der Waals surface area contributed by atoms with Crippen LogP contribution in [0.1, 0.15) is 48.7 Å². The van der Waals surface area contributed by atoms with Gasteiger partial charge in [0.2, 0.25) is 11.8 Å². The highest BCUT2D eigenvalue weighted by Crippen LogP contribution is 2.36. The molecule has 2 aromatic heterocycles. The Kier molecular flexibility index (Phi) is 8.01. The summed E-state index contributed by atoms with van der Waals surface area (Å²) in [4.78, 5) is 49.9. The number of aromatic amines is 1. The summed E-state index contributed by atoms with van der Waals surface area (Å²) in [7, 11) is 1.27. The van der Waals surface area contributed by atoms with E-state index in [-0.39, 0.29) is 29.3 Å². The van der Waals surface area contributed by atoms with E-state index in [1.54, 1.807) is 24.4 Å². The van der Waals surface area contributed by atoms with Crippen molar-refractivity contribution in [2.75, 3.05) is 23.5 Å². The van der Waals surface area contributed by atoms with Gasteiger partial charge in [-0.25, -0.2) is 14.8 Å². The van der Waals surface area contributed by atoms with Crippen LogP contribution in [0, 0.1) is 5.92 Å². The predicted molar refractivity (Wildman–Crippen MR) is 152 cm³/mol. The molecule has 40 heavy (non-hydrogen) atoms. The summed E-state index contributed by atoms with van der Waals surface area (Å²) in [6.45, 7) is 0. The predicted octanol–water partition coefficient (Wildman–Crippen LogP) is 4.53. The van der Waals surface area contributed by atoms with Gasteiger partial charge in [-0.1, -0.05) is 23.8 Å². The van der Waals surface area contributed by atoms with Crippen LogP contribution >= 0.6 is 11.6 Å². The van der Waals surface area contributed by atoms with Crippen molar-refractivity contribution < 1.29 is 19.1 Å². The monoisotopic (exact) mass is 563 g/mol. The molecule has 1 aliphatic heterocycles. The zero-order valence-electron chi connectivity index (χ0n) is 21.9. The number of amides is 3. The Morgan fingerprint density at radius 1 is 1.20 bits per heavy atom. The van der Waals surface area contributed by atoms with Crippen LogP contribution in [-0.2, 0) is 27.2 Å². The minimum atomic E-state index is -0.638. The molecule has 0 saturated heterocycles. The van der Waals surface area contributed by atoms with Gasteiger partial charge in [-0.3, -0.25) is 14.9 Å². The lowest BCUT2D eigenvalue weighted by molar-refractivity contribution is -0.126. The normalized spacial score (nSPS) is 19.4. The Morgan fingerprint density at radius 2 is 2.05 bits per heavy atom. The van der Waals surface area contributed by atoms with Crippen molar-refractivity contribution in [1.29, 1.82) is 0 Å². The van der Waals surface area contributed by atoms with E-state index >= 15 is 0 Å². The first-order valence-electron chi connectivity index (χ1n) is 13.0. The second-order valence-electron chi connectivity index (χ2n) is 9.79. The Hall–Kier alpha value is -4.38. The molecule has 1 aromatic carbocycles. The van der Waals surface area contributed by atoms with Crippen molar-refractivity contribution >= 4 is 46.7 Å². The highest BCUT2D eigenvalue weighted by atomic mass is 35.5. The quantitative estimate of drug-likeness (QED) is 0.292. The van der Waals surface area contributed by atoms with E-state index in [0.717, 1.165) is 11.1 Å². The van der Waals surface area contributed by atoms with E-state index in [4.69, 9.17) is 22.3 Å². The number of H-pyrrole nitrogens is 1. The second-order valence-corrected chi connectivity index (χ2v) is 10.2. The Labute approximate surface area is 235 Å². The number of ether oxygens (including phenoxy) is 1. The van der Waals surface area contributed by atoms with Crippen LogP contribution in [0.3, 0.4) is 0 Å². The summed E-state index contributed by atoms with van der Waals surface area (Å²) in [5.74, 6) is 0.530. The molecule has 3 amide bonds. The lowest BCUT2D eigenvalue weighted by Gasteiger charge is -2.26. The topological polar surface area (TPSA) is 164 Å². The fourth-order valence-corrected chi connectivity index (χ4v) is 5.30. The molecule has 1 unspecified atom stereocenters. The number of fused-ring (bicyclic) bond motifs is 5. The molecular formula is C28H30ClN7O4. The smallest absolute Gasteiger partial charge is 0.411 e. The number of hydrogen-bond donors (Lipinski definition) is 5. The molecule has 0 spiro atoms. The molecule has 12 heteroatoms. The van der Waals surface area contributed by atoms with Gasteiger partial charge in [0.15, 0.2) is 0 Å². The first kappa shape index (κ1) is 27.2. The SMILES string of the molecule is COC(=O)Nc1ccc2c(c1)NC(=O)CC/C=C/C[C@H](NC(=O)C1CCc3c(ccnc3N)C1)c1nc-2c(Cl)[nH]1. The van der Waals surface area contributed by atoms with Crippen molar-refractivity contribution in [3.63, 3.8) is 0 Å². The lowest BCUT2D eigenvalue weighted by atomic mass is 9.83. The summed E-state index contributed by atoms with van der Waals surface area (Å²) in [6.07, 6.45) is 8.05. The van der Waals surface area contributed by atoms with Gasteiger partial charge in [0.25, 0.3) is 0 Å². The van der Waals surface area contributed by atoms with Gasteiger partial charge in [0.1, 0.15) is 22.5 Å². The number of hydrogen-bond acceptors (Lipinski definition) is 7. The summed E-state index contributed by atoms with van der Waals surface area (Å²) >= 11 is 6.61. The molecule has 208 valence electrons. The molecule has 2 aliphatic rings. The van der Waals surface area contributed by atoms with Gasteiger partial charge in [-0.05, 0) is 67.5 Å². The van der Waals surface area contributed by atoms with E-state index in [1.807, 2.05) is 18.2 Å². The third-order valence-electron chi connectivity index (χ3n) is 7.15. The zero-order valence-corrected chi connectivity index (χ0v) is 22.7. The molecule has 0 fully saturated rings. The maximum absolute atomic E-state index is 13.4. The van der Waals surface area contributed by atoms with Crippen molar-refractivity contribution in [1.82, 2.24) is 20.3 Å². The first-order valence-corrected chi connectivity index (χ1v) is 13.4. The molecule has 0 radical (unpaired) electrons. The number of aromatic nitrogens is 3. The largest absolute Gasteiger partial charge is 0.453 e. The zero-order chi connectivity index (χ0) is 28.2. The van der Waals surface area contributed by atoms with E-state index in [9.17, 15) is 14.4 Å². The average Bonchev–Trinajstić information content (AvgIpc) is 3.33. The Bertz CT molecular complexity index is 1490. The third kappa shape index (κ3) is 5.94. The number of rotatable bonds is 3. The fraction of sp³-hybridized carbons (Fsp3) is 0.321. The van der Waals surface area contributed by atoms with Crippen LogP contribution in [0.5, 0.6) is 0 Å². The van der Waals surface area contributed by atoms with E-state index in [2.05, 4.69) is 30.7 Å². The van der Waals surface area contributed by atoms with Crippen LogP contribution < -0.4 is 21.7 Å². The number of carbonyl (C=O) groups is 3. The molecule has 1 aliphatic carbocycles. The van der Waals surface area contributed by atoms with Crippen LogP contribution in [-0.4, -0.2) is 40.0 Å². The fourth-order valence-electron chi connectivity index (χ4n) is 5.06. The number of halogens is 1. The van der Waals surface area contributed by atoms with Crippen LogP contribution in [0.25, 0.3) is 11.3 Å². The molecule has 3 heterocycles. The number of nitrogens with one attached hydrogen (secondary N) is 4. The summed E-state index contributed by atoms with van der Waals surface area (Å²) < 4.78 is 4.67. The number of allylic oxidation sites excluding steroid dienone is 1. The van der Waals surface area contributed by atoms with Gasteiger partial charge in [-0.15, -0.1) is 0 Å². The van der Waals surface area contributed by atoms with Crippen molar-refractivity contribution in [3.8, 4) is 11.3 Å². The molecular weight excluding hydrogens is 534 g/mol. The average molecular weight is 564 g/mol. The number of nitrogen functional groups attached to an aromatic ring is 1. The number of imidazole rings is 1. The van der Waals surface area contributed by atoms with Crippen LogP contribution in [0.15, 0.2) is 42.6 Å². The van der Waals surface area contributed by atoms with E-state index in [1.165, 1.54) is 7.11 Å². The highest BCUT2D eigenvalue weighted by Gasteiger charge is 2.29. The maximum atomic E-state index is 13.4. The van der Waals surface area contributed by atoms with Crippen molar-refractivity contribution in [3.05, 3.63) is 64.7 Å². The summed E-state index contributed by atoms with van der Waals surface area (Å²) in [6, 6.07) is 6.44. The molecule has 5 rings (SSSR count). The number of carbonyl (C=O) groups excluding carboxylic acids is 3. The van der Waals surface area contributed by atoms with Gasteiger partial charge in [-0.2, -0.15) is 0 Å². The van der Waals surface area contributed by atoms with Crippen molar-refractivity contribution in [2.24, 2.45) is 5.92 Å². The standard InChI is InChI=1S/C28H30ClN7O4/c1-40-28(39)32-17-8-10-19-21(14-17)33-22(37)6-4-2-3-5-20(26-35-23(19)24(29)36-26)34-27(38)16-7-9-18-15(13-16)11-12-31-25(18)30/h2-3,8,10-12,14,16,20H,4-7,9,13H2,1H3,(H2,30,31)(H,32,39)(H,33,37)(H,34,38)(H,35,36)/b3-2+/t16?,20-/m0/s1. The molecule has 0 saturated carbocycles. The molecule has 2 atom stereocenters. The van der Waals surface area contributed by atoms with Gasteiger partial charge in [0.05, 0.1) is 18.8 Å². The van der Waals surface area contributed by atoms with Gasteiger partial charge < -0.3 is 26.1 Å². The molecule has 2 bridgehead atoms. The lowest BCUT2D eigenvalue weighted by Crippen LogP contribution is -2.37. The summed E-state index contributed by atoms with van der Waals surface area (Å²) in [5, 5.41) is 8.91. The van der Waals surface area contributed by atoms with Crippen LogP contribution in [0.4, 0.5) is 22.0 Å². The highest BCUT2D eigenvalue weighted by molar-refractivity contribution is 6.32. The number of pyridine rings is 1. The number of methoxy groups -OCH3 is 1. The van der Waals surface area contributed by atoms with E-state index in [0.29, 0.717) is 66.4 Å². The number of nitrogens with two attached hydrogens (primary N) is 1. The third-order valence-corrected chi connectivity index (χ3v) is 7.42. The van der Waals surface area contributed by atoms with Crippen LogP contribution in [0.2, 0.25) is 5.15 Å². The van der Waals surface area contributed by atoms with Crippen molar-refractivity contribution in [2.45, 2.75) is 44.6 Å². The molecule has 3 aromatic rings. The number of nitrogens with zero attached hydrogens (tertiary/aromatic N) is 2. The Balaban J connectivity index is 1.43. The second kappa shape index (κ2) is 11.8. The minimum Gasteiger partial charge on any atom is -0.453 e. The number of benzene rings is 1. The van der Waals surface area contributed by atoms with Gasteiger partial charge >= 0.3 is 6.09 Å². The van der Waals surface area contributed by atoms with Gasteiger partial charge in [0, 0.05) is 29.8 Å². The minimum absolute atomic E-state index is 0.0754. The first-order chi connectivity index (χ1) is 19.3.